The van der Waals surface area contributed by atoms with Crippen LogP contribution in [0.2, 0.25) is 0 Å². The van der Waals surface area contributed by atoms with Crippen LogP contribution >= 0.6 is 22.6 Å². The molecule has 0 aliphatic heterocycles. The molecule has 2 nitrogen and oxygen atoms in total. The Bertz CT molecular complexity index is 558. The molecule has 2 fully saturated rings. The van der Waals surface area contributed by atoms with Gasteiger partial charge in [0, 0.05) is 9.49 Å². The van der Waals surface area contributed by atoms with E-state index in [1.54, 1.807) is 0 Å². The molecule has 0 unspecified atom stereocenters. The van der Waals surface area contributed by atoms with Gasteiger partial charge in [0.25, 0.3) is 0 Å². The van der Waals surface area contributed by atoms with Gasteiger partial charge >= 0.3 is 0 Å². The smallest absolute Gasteiger partial charge is 0.154 e. The number of benzene rings is 1. The van der Waals surface area contributed by atoms with Crippen molar-refractivity contribution < 1.29 is 9.59 Å². The summed E-state index contributed by atoms with van der Waals surface area (Å²) in [6, 6.07) is 7.98. The third kappa shape index (κ3) is 1.97. The van der Waals surface area contributed by atoms with Crippen molar-refractivity contribution in [3.05, 3.63) is 33.4 Å². The van der Waals surface area contributed by atoms with Crippen LogP contribution in [0.4, 0.5) is 0 Å². The summed E-state index contributed by atoms with van der Waals surface area (Å²) in [6.07, 6.45) is 4.74. The van der Waals surface area contributed by atoms with E-state index in [-0.39, 0.29) is 23.4 Å². The van der Waals surface area contributed by atoms with Gasteiger partial charge in [0.05, 0.1) is 11.3 Å². The highest BCUT2D eigenvalue weighted by Gasteiger charge is 2.58. The van der Waals surface area contributed by atoms with E-state index in [2.05, 4.69) is 22.6 Å². The summed E-state index contributed by atoms with van der Waals surface area (Å²) in [6.45, 7) is 1.94. The Hall–Kier alpha value is -0.710. The van der Waals surface area contributed by atoms with Crippen molar-refractivity contribution in [3.8, 4) is 0 Å². The number of hydrogen-bond acceptors (Lipinski definition) is 2. The van der Waals surface area contributed by atoms with E-state index in [4.69, 9.17) is 0 Å². The first kappa shape index (κ1) is 14.2. The van der Waals surface area contributed by atoms with Gasteiger partial charge in [-0.25, -0.2) is 0 Å². The lowest BCUT2D eigenvalue weighted by molar-refractivity contribution is -0.138. The highest BCUT2D eigenvalue weighted by Crippen LogP contribution is 2.52. The highest BCUT2D eigenvalue weighted by molar-refractivity contribution is 14.1. The van der Waals surface area contributed by atoms with E-state index in [0.29, 0.717) is 0 Å². The number of carbonyl (C=O) groups excluding carboxylic acids is 2. The zero-order chi connectivity index (χ0) is 14.3. The van der Waals surface area contributed by atoms with E-state index in [1.807, 2.05) is 31.2 Å². The molecule has 1 aromatic carbocycles. The minimum Gasteiger partial charge on any atom is -0.298 e. The van der Waals surface area contributed by atoms with Gasteiger partial charge in [-0.15, -0.1) is 0 Å². The quantitative estimate of drug-likeness (QED) is 0.541. The molecule has 2 atom stereocenters. The van der Waals surface area contributed by atoms with Crippen LogP contribution in [0.15, 0.2) is 24.3 Å². The van der Waals surface area contributed by atoms with Gasteiger partial charge in [-0.2, -0.15) is 0 Å². The number of ketones is 2. The minimum atomic E-state index is -0.652. The van der Waals surface area contributed by atoms with Gasteiger partial charge in [-0.3, -0.25) is 9.59 Å². The van der Waals surface area contributed by atoms with Crippen LogP contribution in [0.1, 0.15) is 50.5 Å². The third-order valence-electron chi connectivity index (χ3n) is 5.09. The fourth-order valence-electron chi connectivity index (χ4n) is 4.02. The molecule has 0 bridgehead atoms. The maximum Gasteiger partial charge on any atom is 0.154 e. The van der Waals surface area contributed by atoms with Gasteiger partial charge in [-0.05, 0) is 47.1 Å². The molecule has 3 rings (SSSR count). The van der Waals surface area contributed by atoms with Crippen molar-refractivity contribution in [1.29, 1.82) is 0 Å². The molecule has 0 radical (unpaired) electrons. The summed E-state index contributed by atoms with van der Waals surface area (Å²) < 4.78 is 1.09. The Morgan fingerprint density at radius 3 is 2.35 bits per heavy atom. The van der Waals surface area contributed by atoms with E-state index < -0.39 is 5.41 Å². The monoisotopic (exact) mass is 382 g/mol. The first-order valence-corrected chi connectivity index (χ1v) is 8.49. The Labute approximate surface area is 133 Å². The Kier molecular flexibility index (Phi) is 3.73. The predicted octanol–water partition coefficient (Wildman–Crippen LogP) is 4.11. The Balaban J connectivity index is 2.04. The van der Waals surface area contributed by atoms with Crippen molar-refractivity contribution in [2.24, 2.45) is 11.3 Å². The zero-order valence-corrected chi connectivity index (χ0v) is 13.9. The molecular formula is C17H19IO2. The number of halogens is 1. The van der Waals surface area contributed by atoms with E-state index in [9.17, 15) is 9.59 Å². The lowest BCUT2D eigenvalue weighted by Crippen LogP contribution is -2.36. The second kappa shape index (κ2) is 5.24. The maximum absolute atomic E-state index is 13.0. The molecule has 1 spiro atoms. The SMILES string of the molecule is C[C@@H]1C(=O)C2(CCCCC2)C(=O)[C@H]1c1ccccc1I. The van der Waals surface area contributed by atoms with E-state index >= 15 is 0 Å². The average molecular weight is 382 g/mol. The number of rotatable bonds is 1. The first-order valence-electron chi connectivity index (χ1n) is 7.41. The van der Waals surface area contributed by atoms with Crippen LogP contribution in [0.3, 0.4) is 0 Å². The van der Waals surface area contributed by atoms with Crippen LogP contribution in [0.25, 0.3) is 0 Å². The molecular weight excluding hydrogens is 363 g/mol. The van der Waals surface area contributed by atoms with Crippen molar-refractivity contribution in [2.45, 2.75) is 44.9 Å². The lowest BCUT2D eigenvalue weighted by Gasteiger charge is -2.30. The summed E-state index contributed by atoms with van der Waals surface area (Å²) in [5.74, 6) is -0.00381. The largest absolute Gasteiger partial charge is 0.298 e. The first-order chi connectivity index (χ1) is 9.58. The fourth-order valence-corrected chi connectivity index (χ4v) is 4.74. The van der Waals surface area contributed by atoms with Gasteiger partial charge in [0.2, 0.25) is 0 Å². The van der Waals surface area contributed by atoms with Crippen LogP contribution < -0.4 is 0 Å². The van der Waals surface area contributed by atoms with Crippen molar-refractivity contribution in [1.82, 2.24) is 0 Å². The lowest BCUT2D eigenvalue weighted by atomic mass is 9.70. The number of hydrogen-bond donors (Lipinski definition) is 0. The Morgan fingerprint density at radius 1 is 1.05 bits per heavy atom. The van der Waals surface area contributed by atoms with Gasteiger partial charge in [-0.1, -0.05) is 44.4 Å². The molecule has 0 saturated heterocycles. The molecule has 2 aliphatic carbocycles. The summed E-state index contributed by atoms with van der Waals surface area (Å²) in [7, 11) is 0. The molecule has 0 N–H and O–H groups in total. The molecule has 0 heterocycles. The molecule has 106 valence electrons. The topological polar surface area (TPSA) is 34.1 Å². The van der Waals surface area contributed by atoms with E-state index in [0.717, 1.165) is 41.2 Å². The van der Waals surface area contributed by atoms with Crippen molar-refractivity contribution in [2.75, 3.05) is 0 Å². The second-order valence-corrected chi connectivity index (χ2v) is 7.32. The number of Topliss-reactive ketones (excluding diaryl/α,β-unsaturated/α-hetero) is 2. The normalized spacial score (nSPS) is 29.1. The molecule has 0 amide bonds. The summed E-state index contributed by atoms with van der Waals surface area (Å²) in [5.41, 5.74) is 0.391. The second-order valence-electron chi connectivity index (χ2n) is 6.16. The minimum absolute atomic E-state index is 0.170. The standard InChI is InChI=1S/C17H19IO2/c1-11-14(12-7-3-4-8-13(12)18)16(20)17(15(11)19)9-5-2-6-10-17/h3-4,7-8,11,14H,2,5-6,9-10H2,1H3/t11-,14+/m0/s1. The fraction of sp³-hybridized carbons (Fsp3) is 0.529. The van der Waals surface area contributed by atoms with Crippen LogP contribution in [0.5, 0.6) is 0 Å². The zero-order valence-electron chi connectivity index (χ0n) is 11.7. The third-order valence-corrected chi connectivity index (χ3v) is 6.07. The van der Waals surface area contributed by atoms with Gasteiger partial charge in [0.1, 0.15) is 5.78 Å². The maximum atomic E-state index is 13.0. The summed E-state index contributed by atoms with van der Waals surface area (Å²) >= 11 is 2.27. The molecule has 3 heteroatoms. The van der Waals surface area contributed by atoms with Crippen LogP contribution in [0, 0.1) is 14.9 Å². The summed E-state index contributed by atoms with van der Waals surface area (Å²) in [4.78, 5) is 25.8. The molecule has 0 aromatic heterocycles. The number of carbonyl (C=O) groups is 2. The van der Waals surface area contributed by atoms with Crippen molar-refractivity contribution in [3.63, 3.8) is 0 Å². The average Bonchev–Trinajstić information content (AvgIpc) is 2.64. The summed E-state index contributed by atoms with van der Waals surface area (Å²) in [5, 5.41) is 0. The van der Waals surface area contributed by atoms with Crippen molar-refractivity contribution >= 4 is 34.2 Å². The Morgan fingerprint density at radius 2 is 1.70 bits per heavy atom. The van der Waals surface area contributed by atoms with Gasteiger partial charge < -0.3 is 0 Å². The van der Waals surface area contributed by atoms with Gasteiger partial charge in [0.15, 0.2) is 5.78 Å². The van der Waals surface area contributed by atoms with Crippen LogP contribution in [-0.2, 0) is 9.59 Å². The molecule has 1 aromatic rings. The van der Waals surface area contributed by atoms with E-state index in [1.165, 1.54) is 0 Å². The van der Waals surface area contributed by atoms with Crippen LogP contribution in [-0.4, -0.2) is 11.6 Å². The molecule has 2 saturated carbocycles. The molecule has 20 heavy (non-hydrogen) atoms. The molecule has 2 aliphatic rings. The highest BCUT2D eigenvalue weighted by atomic mass is 127. The predicted molar refractivity (Wildman–Crippen MR) is 86.6 cm³/mol.